The van der Waals surface area contributed by atoms with Gasteiger partial charge in [-0.15, -0.1) is 0 Å². The number of nitrogens with one attached hydrogen (secondary N) is 1. The highest BCUT2D eigenvalue weighted by Gasteiger charge is 2.12. The summed E-state index contributed by atoms with van der Waals surface area (Å²) < 4.78 is 42.9. The Morgan fingerprint density at radius 3 is 2.38 bits per heavy atom. The topological polar surface area (TPSA) is 59.3 Å². The lowest BCUT2D eigenvalue weighted by Gasteiger charge is -2.05. The van der Waals surface area contributed by atoms with Gasteiger partial charge in [-0.25, -0.2) is 12.8 Å². The molecule has 2 aromatic carbocycles. The Hall–Kier alpha value is -2.44. The first-order valence-corrected chi connectivity index (χ1v) is 10.1. The molecule has 0 saturated carbocycles. The molecular formula is C20H20FNO3S. The lowest BCUT2D eigenvalue weighted by atomic mass is 10.2. The summed E-state index contributed by atoms with van der Waals surface area (Å²) in [4.78, 5) is 0. The summed E-state index contributed by atoms with van der Waals surface area (Å²) in [5, 5.41) is 3.08. The van der Waals surface area contributed by atoms with Gasteiger partial charge < -0.3 is 9.73 Å². The molecule has 0 amide bonds. The van der Waals surface area contributed by atoms with Crippen LogP contribution in [0.2, 0.25) is 0 Å². The normalized spacial score (nSPS) is 11.6. The molecule has 0 aliphatic rings. The molecule has 0 aliphatic carbocycles. The van der Waals surface area contributed by atoms with Gasteiger partial charge in [-0.05, 0) is 42.0 Å². The minimum atomic E-state index is -3.16. The number of rotatable bonds is 8. The van der Waals surface area contributed by atoms with Gasteiger partial charge in [0.05, 0.1) is 18.1 Å². The highest BCUT2D eigenvalue weighted by molar-refractivity contribution is 7.90. The van der Waals surface area contributed by atoms with Crippen LogP contribution < -0.4 is 5.32 Å². The van der Waals surface area contributed by atoms with Crippen LogP contribution in [-0.2, 0) is 22.1 Å². The summed E-state index contributed by atoms with van der Waals surface area (Å²) in [5.41, 5.74) is 1.59. The van der Waals surface area contributed by atoms with E-state index in [9.17, 15) is 12.8 Å². The summed E-state index contributed by atoms with van der Waals surface area (Å²) >= 11 is 0. The molecule has 136 valence electrons. The first kappa shape index (κ1) is 18.4. The number of benzene rings is 2. The second-order valence-corrected chi connectivity index (χ2v) is 8.21. The highest BCUT2D eigenvalue weighted by atomic mass is 32.2. The van der Waals surface area contributed by atoms with Gasteiger partial charge in [0, 0.05) is 12.1 Å². The van der Waals surface area contributed by atoms with Crippen molar-refractivity contribution in [3.05, 3.63) is 83.9 Å². The van der Waals surface area contributed by atoms with Crippen LogP contribution in [0.5, 0.6) is 0 Å². The van der Waals surface area contributed by atoms with Gasteiger partial charge in [0.15, 0.2) is 9.84 Å². The summed E-state index contributed by atoms with van der Waals surface area (Å²) in [5.74, 6) is 1.17. The molecule has 1 N–H and O–H groups in total. The molecule has 6 heteroatoms. The molecule has 0 unspecified atom stereocenters. The van der Waals surface area contributed by atoms with E-state index in [2.05, 4.69) is 5.32 Å². The van der Waals surface area contributed by atoms with E-state index in [1.54, 1.807) is 12.1 Å². The summed E-state index contributed by atoms with van der Waals surface area (Å²) in [6.45, 7) is 0.782. The largest absolute Gasteiger partial charge is 0.460 e. The maximum Gasteiger partial charge on any atom is 0.155 e. The predicted octanol–water partition coefficient (Wildman–Crippen LogP) is 3.79. The van der Waals surface area contributed by atoms with Gasteiger partial charge in [0.1, 0.15) is 17.3 Å². The Kier molecular flexibility index (Phi) is 5.85. The van der Waals surface area contributed by atoms with Crippen molar-refractivity contribution in [2.45, 2.75) is 12.3 Å². The smallest absolute Gasteiger partial charge is 0.155 e. The van der Waals surface area contributed by atoms with Gasteiger partial charge in [0.25, 0.3) is 0 Å². The Bertz CT molecular complexity index is 935. The van der Waals surface area contributed by atoms with Gasteiger partial charge in [-0.2, -0.15) is 0 Å². The lowest BCUT2D eigenvalue weighted by molar-refractivity contribution is 0.497. The first-order chi connectivity index (χ1) is 12.5. The second-order valence-electron chi connectivity index (χ2n) is 6.03. The first-order valence-electron chi connectivity index (χ1n) is 8.31. The van der Waals surface area contributed by atoms with Gasteiger partial charge in [0.2, 0.25) is 0 Å². The Labute approximate surface area is 152 Å². The minimum absolute atomic E-state index is 0.0466. The highest BCUT2D eigenvalue weighted by Crippen LogP contribution is 2.22. The quantitative estimate of drug-likeness (QED) is 0.611. The molecule has 3 rings (SSSR count). The molecule has 0 spiro atoms. The van der Waals surface area contributed by atoms with E-state index >= 15 is 0 Å². The summed E-state index contributed by atoms with van der Waals surface area (Å²) in [6.07, 6.45) is 0. The van der Waals surface area contributed by atoms with Crippen molar-refractivity contribution in [1.29, 1.82) is 0 Å². The zero-order chi connectivity index (χ0) is 18.4. The van der Waals surface area contributed by atoms with E-state index < -0.39 is 9.84 Å². The Morgan fingerprint density at radius 1 is 0.923 bits per heavy atom. The molecule has 0 saturated heterocycles. The zero-order valence-corrected chi connectivity index (χ0v) is 15.0. The average molecular weight is 373 g/mol. The summed E-state index contributed by atoms with van der Waals surface area (Å²) in [6, 6.07) is 18.9. The van der Waals surface area contributed by atoms with Crippen LogP contribution in [0.3, 0.4) is 0 Å². The zero-order valence-electron chi connectivity index (χ0n) is 14.2. The third-order valence-corrected chi connectivity index (χ3v) is 5.51. The number of hydrogen-bond donors (Lipinski definition) is 1. The van der Waals surface area contributed by atoms with E-state index in [1.165, 1.54) is 12.1 Å². The lowest BCUT2D eigenvalue weighted by Crippen LogP contribution is -2.23. The van der Waals surface area contributed by atoms with Gasteiger partial charge in [-0.1, -0.05) is 30.3 Å². The Morgan fingerprint density at radius 2 is 1.65 bits per heavy atom. The third-order valence-electron chi connectivity index (χ3n) is 3.91. The second kappa shape index (κ2) is 8.29. The van der Waals surface area contributed by atoms with E-state index in [0.717, 1.165) is 11.1 Å². The van der Waals surface area contributed by atoms with E-state index in [4.69, 9.17) is 4.42 Å². The van der Waals surface area contributed by atoms with Crippen molar-refractivity contribution in [3.63, 3.8) is 0 Å². The summed E-state index contributed by atoms with van der Waals surface area (Å²) in [7, 11) is -3.16. The van der Waals surface area contributed by atoms with Gasteiger partial charge >= 0.3 is 0 Å². The van der Waals surface area contributed by atoms with Crippen molar-refractivity contribution in [2.24, 2.45) is 0 Å². The van der Waals surface area contributed by atoms with Gasteiger partial charge in [-0.3, -0.25) is 0 Å². The number of hydrogen-bond acceptors (Lipinski definition) is 4. The van der Waals surface area contributed by atoms with Crippen LogP contribution in [0.4, 0.5) is 4.39 Å². The molecule has 4 nitrogen and oxygen atoms in total. The minimum Gasteiger partial charge on any atom is -0.460 e. The van der Waals surface area contributed by atoms with Crippen LogP contribution in [0.1, 0.15) is 11.3 Å². The molecule has 26 heavy (non-hydrogen) atoms. The fourth-order valence-corrected chi connectivity index (χ4v) is 3.88. The van der Waals surface area contributed by atoms with E-state index in [0.29, 0.717) is 24.6 Å². The van der Waals surface area contributed by atoms with Crippen LogP contribution >= 0.6 is 0 Å². The molecule has 0 bridgehead atoms. The molecule has 1 aromatic heterocycles. The Balaban J connectivity index is 1.47. The maximum atomic E-state index is 13.0. The predicted molar refractivity (Wildman–Crippen MR) is 99.7 cm³/mol. The van der Waals surface area contributed by atoms with Crippen molar-refractivity contribution in [2.75, 3.05) is 12.3 Å². The SMILES string of the molecule is O=S(=O)(CCNCc1ccc(-c2ccc(F)cc2)o1)Cc1ccccc1. The molecule has 3 aromatic rings. The van der Waals surface area contributed by atoms with Crippen molar-refractivity contribution < 1.29 is 17.2 Å². The number of sulfone groups is 1. The monoisotopic (exact) mass is 373 g/mol. The standard InChI is InChI=1S/C20H20FNO3S/c21-18-8-6-17(7-9-18)20-11-10-19(25-20)14-22-12-13-26(23,24)15-16-4-2-1-3-5-16/h1-11,22H,12-15H2. The van der Waals surface area contributed by atoms with Crippen molar-refractivity contribution in [3.8, 4) is 11.3 Å². The third kappa shape index (κ3) is 5.28. The van der Waals surface area contributed by atoms with Crippen LogP contribution in [0.25, 0.3) is 11.3 Å². The van der Waals surface area contributed by atoms with Crippen LogP contribution in [0, 0.1) is 5.82 Å². The van der Waals surface area contributed by atoms with Crippen LogP contribution in [-0.4, -0.2) is 20.7 Å². The van der Waals surface area contributed by atoms with E-state index in [-0.39, 0.29) is 17.3 Å². The fourth-order valence-electron chi connectivity index (χ4n) is 2.58. The average Bonchev–Trinajstić information content (AvgIpc) is 3.09. The maximum absolute atomic E-state index is 13.0. The molecular weight excluding hydrogens is 353 g/mol. The molecule has 0 radical (unpaired) electrons. The van der Waals surface area contributed by atoms with Crippen molar-refractivity contribution >= 4 is 9.84 Å². The molecule has 1 heterocycles. The molecule has 0 fully saturated rings. The number of furan rings is 1. The van der Waals surface area contributed by atoms with E-state index in [1.807, 2.05) is 42.5 Å². The van der Waals surface area contributed by atoms with Crippen LogP contribution in [0.15, 0.2) is 71.1 Å². The van der Waals surface area contributed by atoms with Crippen molar-refractivity contribution in [1.82, 2.24) is 5.32 Å². The number of halogens is 1. The molecule has 0 atom stereocenters. The molecule has 0 aliphatic heterocycles. The fraction of sp³-hybridized carbons (Fsp3) is 0.200.